The molecule has 0 bridgehead atoms. The molecule has 0 spiro atoms. The number of aromatic amines is 1. The lowest BCUT2D eigenvalue weighted by Gasteiger charge is -2.25. The molecule has 0 fully saturated rings. The summed E-state index contributed by atoms with van der Waals surface area (Å²) in [5.41, 5.74) is 4.63. The molecular weight excluding hydrogens is 272 g/mol. The van der Waals surface area contributed by atoms with E-state index in [2.05, 4.69) is 65.5 Å². The van der Waals surface area contributed by atoms with Crippen LogP contribution >= 0.6 is 0 Å². The second-order valence-electron chi connectivity index (χ2n) is 5.87. The van der Waals surface area contributed by atoms with Crippen LogP contribution in [-0.4, -0.2) is 35.5 Å². The lowest BCUT2D eigenvalue weighted by atomic mass is 10.0. The van der Waals surface area contributed by atoms with E-state index in [0.29, 0.717) is 6.04 Å². The van der Waals surface area contributed by atoms with Gasteiger partial charge >= 0.3 is 0 Å². The van der Waals surface area contributed by atoms with E-state index in [1.807, 2.05) is 24.3 Å². The van der Waals surface area contributed by atoms with Crippen molar-refractivity contribution in [3.05, 3.63) is 59.7 Å². The topological polar surface area (TPSA) is 44.0 Å². The minimum Gasteiger partial charge on any atom is -0.354 e. The number of nitrogens with zero attached hydrogens (tertiary/aromatic N) is 2. The lowest BCUT2D eigenvalue weighted by Crippen LogP contribution is -2.27. The molecule has 2 aromatic carbocycles. The zero-order valence-electron chi connectivity index (χ0n) is 13.3. The lowest BCUT2D eigenvalue weighted by molar-refractivity contribution is 0.311. The van der Waals surface area contributed by atoms with E-state index in [1.54, 1.807) is 0 Å². The minimum atomic E-state index is 0.300. The van der Waals surface area contributed by atoms with Crippen molar-refractivity contribution in [1.29, 1.82) is 0 Å². The Hall–Kier alpha value is -2.33. The predicted octanol–water partition coefficient (Wildman–Crippen LogP) is 3.59. The molecule has 4 heteroatoms. The SMILES string of the molecule is Cc1ccc(C(CNc2nc3ccccc3[nH]2)N(C)C)cc1. The van der Waals surface area contributed by atoms with Gasteiger partial charge in [-0.05, 0) is 38.7 Å². The van der Waals surface area contributed by atoms with Gasteiger partial charge in [0.05, 0.1) is 17.1 Å². The average molecular weight is 294 g/mol. The van der Waals surface area contributed by atoms with Crippen LogP contribution in [0.15, 0.2) is 48.5 Å². The zero-order chi connectivity index (χ0) is 15.5. The van der Waals surface area contributed by atoms with Crippen molar-refractivity contribution in [3.63, 3.8) is 0 Å². The third kappa shape index (κ3) is 3.12. The van der Waals surface area contributed by atoms with Crippen LogP contribution in [0.5, 0.6) is 0 Å². The first-order valence-corrected chi connectivity index (χ1v) is 7.55. The molecule has 0 saturated heterocycles. The first kappa shape index (κ1) is 14.6. The molecule has 2 N–H and O–H groups in total. The normalized spacial score (nSPS) is 12.7. The third-order valence-corrected chi connectivity index (χ3v) is 3.94. The molecule has 0 radical (unpaired) electrons. The molecule has 3 rings (SSSR count). The van der Waals surface area contributed by atoms with Crippen LogP contribution in [0.2, 0.25) is 0 Å². The highest BCUT2D eigenvalue weighted by Gasteiger charge is 2.14. The molecule has 0 amide bonds. The van der Waals surface area contributed by atoms with Gasteiger partial charge in [-0.15, -0.1) is 0 Å². The van der Waals surface area contributed by atoms with Gasteiger partial charge in [-0.3, -0.25) is 0 Å². The van der Waals surface area contributed by atoms with Gasteiger partial charge in [-0.25, -0.2) is 4.98 Å². The monoisotopic (exact) mass is 294 g/mol. The molecule has 0 aliphatic rings. The number of likely N-dealkylation sites (N-methyl/N-ethyl adjacent to an activating group) is 1. The first-order valence-electron chi connectivity index (χ1n) is 7.55. The van der Waals surface area contributed by atoms with Crippen molar-refractivity contribution in [2.75, 3.05) is 26.0 Å². The van der Waals surface area contributed by atoms with Crippen molar-refractivity contribution in [3.8, 4) is 0 Å². The van der Waals surface area contributed by atoms with E-state index in [1.165, 1.54) is 11.1 Å². The maximum atomic E-state index is 4.57. The van der Waals surface area contributed by atoms with E-state index in [4.69, 9.17) is 0 Å². The average Bonchev–Trinajstić information content (AvgIpc) is 2.91. The van der Waals surface area contributed by atoms with Gasteiger partial charge in [0, 0.05) is 6.54 Å². The van der Waals surface area contributed by atoms with Crippen molar-refractivity contribution < 1.29 is 0 Å². The van der Waals surface area contributed by atoms with Crippen LogP contribution in [-0.2, 0) is 0 Å². The Balaban J connectivity index is 1.75. The Morgan fingerprint density at radius 2 is 1.82 bits per heavy atom. The summed E-state index contributed by atoms with van der Waals surface area (Å²) in [4.78, 5) is 10.1. The molecule has 1 atom stereocenters. The minimum absolute atomic E-state index is 0.300. The second-order valence-corrected chi connectivity index (χ2v) is 5.87. The molecule has 3 aromatic rings. The molecule has 1 heterocycles. The van der Waals surface area contributed by atoms with Gasteiger partial charge in [0.1, 0.15) is 0 Å². The largest absolute Gasteiger partial charge is 0.354 e. The summed E-state index contributed by atoms with van der Waals surface area (Å²) >= 11 is 0. The van der Waals surface area contributed by atoms with Crippen LogP contribution in [0.25, 0.3) is 11.0 Å². The van der Waals surface area contributed by atoms with Gasteiger partial charge in [0.2, 0.25) is 5.95 Å². The summed E-state index contributed by atoms with van der Waals surface area (Å²) in [6.07, 6.45) is 0. The fourth-order valence-electron chi connectivity index (χ4n) is 2.62. The molecule has 0 aliphatic carbocycles. The number of H-pyrrole nitrogens is 1. The predicted molar refractivity (Wildman–Crippen MR) is 92.2 cm³/mol. The number of benzene rings is 2. The summed E-state index contributed by atoms with van der Waals surface area (Å²) < 4.78 is 0. The van der Waals surface area contributed by atoms with Crippen LogP contribution in [0.3, 0.4) is 0 Å². The number of hydrogen-bond acceptors (Lipinski definition) is 3. The number of aromatic nitrogens is 2. The summed E-state index contributed by atoms with van der Waals surface area (Å²) in [7, 11) is 4.20. The van der Waals surface area contributed by atoms with Gasteiger partial charge < -0.3 is 15.2 Å². The quantitative estimate of drug-likeness (QED) is 0.756. The number of hydrogen-bond donors (Lipinski definition) is 2. The summed E-state index contributed by atoms with van der Waals surface area (Å²) in [6.45, 7) is 2.91. The number of para-hydroxylation sites is 2. The van der Waals surface area contributed by atoms with Crippen LogP contribution in [0.4, 0.5) is 5.95 Å². The van der Waals surface area contributed by atoms with Gasteiger partial charge in [-0.1, -0.05) is 42.0 Å². The number of rotatable bonds is 5. The molecule has 0 saturated carbocycles. The fourth-order valence-corrected chi connectivity index (χ4v) is 2.62. The molecule has 22 heavy (non-hydrogen) atoms. The summed E-state index contributed by atoms with van der Waals surface area (Å²) in [5.74, 6) is 0.820. The smallest absolute Gasteiger partial charge is 0.201 e. The Bertz CT molecular complexity index is 710. The zero-order valence-corrected chi connectivity index (χ0v) is 13.3. The number of imidazole rings is 1. The Kier molecular flexibility index (Phi) is 4.11. The highest BCUT2D eigenvalue weighted by atomic mass is 15.2. The van der Waals surface area contributed by atoms with E-state index in [-0.39, 0.29) is 0 Å². The molecular formula is C18H22N4. The van der Waals surface area contributed by atoms with Crippen LogP contribution in [0, 0.1) is 6.92 Å². The standard InChI is InChI=1S/C18H22N4/c1-13-8-10-14(11-9-13)17(22(2)3)12-19-18-20-15-6-4-5-7-16(15)21-18/h4-11,17H,12H2,1-3H3,(H2,19,20,21). The number of nitrogens with one attached hydrogen (secondary N) is 2. The summed E-state index contributed by atoms with van der Waals surface area (Å²) in [5, 5.41) is 3.42. The van der Waals surface area contributed by atoms with Crippen molar-refractivity contribution in [2.45, 2.75) is 13.0 Å². The number of anilines is 1. The highest BCUT2D eigenvalue weighted by molar-refractivity contribution is 5.77. The Labute approximate surface area is 131 Å². The Morgan fingerprint density at radius 1 is 1.09 bits per heavy atom. The van der Waals surface area contributed by atoms with Crippen molar-refractivity contribution >= 4 is 17.0 Å². The molecule has 0 aliphatic heterocycles. The summed E-state index contributed by atoms with van der Waals surface area (Å²) in [6, 6.07) is 17.1. The number of aryl methyl sites for hydroxylation is 1. The molecule has 1 unspecified atom stereocenters. The maximum absolute atomic E-state index is 4.57. The van der Waals surface area contributed by atoms with Gasteiger partial charge in [0.25, 0.3) is 0 Å². The van der Waals surface area contributed by atoms with Gasteiger partial charge in [-0.2, -0.15) is 0 Å². The van der Waals surface area contributed by atoms with Crippen LogP contribution in [0.1, 0.15) is 17.2 Å². The van der Waals surface area contributed by atoms with Crippen LogP contribution < -0.4 is 5.32 Å². The van der Waals surface area contributed by atoms with E-state index < -0.39 is 0 Å². The van der Waals surface area contributed by atoms with E-state index in [0.717, 1.165) is 23.5 Å². The molecule has 4 nitrogen and oxygen atoms in total. The van der Waals surface area contributed by atoms with E-state index >= 15 is 0 Å². The van der Waals surface area contributed by atoms with Crippen molar-refractivity contribution in [1.82, 2.24) is 14.9 Å². The number of fused-ring (bicyclic) bond motifs is 1. The van der Waals surface area contributed by atoms with Gasteiger partial charge in [0.15, 0.2) is 0 Å². The maximum Gasteiger partial charge on any atom is 0.201 e. The fraction of sp³-hybridized carbons (Fsp3) is 0.278. The van der Waals surface area contributed by atoms with Crippen molar-refractivity contribution in [2.24, 2.45) is 0 Å². The third-order valence-electron chi connectivity index (χ3n) is 3.94. The highest BCUT2D eigenvalue weighted by Crippen LogP contribution is 2.20. The van der Waals surface area contributed by atoms with E-state index in [9.17, 15) is 0 Å². The molecule has 114 valence electrons. The molecule has 1 aromatic heterocycles. The second kappa shape index (κ2) is 6.20. The Morgan fingerprint density at radius 3 is 2.50 bits per heavy atom. The first-order chi connectivity index (χ1) is 10.6.